The van der Waals surface area contributed by atoms with Crippen molar-refractivity contribution in [2.24, 2.45) is 5.41 Å². The Balaban J connectivity index is 1.87. The first kappa shape index (κ1) is 27.9. The fourth-order valence-corrected chi connectivity index (χ4v) is 5.12. The smallest absolute Gasteiger partial charge is 0.425 e. The van der Waals surface area contributed by atoms with E-state index >= 15 is 13.2 Å². The van der Waals surface area contributed by atoms with Crippen molar-refractivity contribution in [3.05, 3.63) is 59.1 Å². The minimum atomic E-state index is -5.35. The Morgan fingerprint density at radius 3 is 2.23 bits per heavy atom. The molecule has 1 aromatic heterocycles. The van der Waals surface area contributed by atoms with Crippen LogP contribution in [0.4, 0.5) is 13.2 Å². The minimum absolute atomic E-state index is 0.0226. The summed E-state index contributed by atoms with van der Waals surface area (Å²) in [6, 6.07) is 5.52. The second-order valence-electron chi connectivity index (χ2n) is 10.1. The van der Waals surface area contributed by atoms with E-state index in [2.05, 4.69) is 4.98 Å². The Bertz CT molecular complexity index is 1330. The Labute approximate surface area is 222 Å². The highest BCUT2D eigenvalue weighted by molar-refractivity contribution is 6.14. The molecule has 0 radical (unpaired) electrons. The number of carbonyl (C=O) groups excluding carboxylic acids is 3. The molecule has 0 fully saturated rings. The number of benzene rings is 1. The van der Waals surface area contributed by atoms with Crippen molar-refractivity contribution < 1.29 is 41.8 Å². The highest BCUT2D eigenvalue weighted by Crippen LogP contribution is 2.52. The van der Waals surface area contributed by atoms with Crippen LogP contribution >= 0.6 is 0 Å². The quantitative estimate of drug-likeness (QED) is 0.562. The van der Waals surface area contributed by atoms with Gasteiger partial charge in [0.2, 0.25) is 11.3 Å². The summed E-state index contributed by atoms with van der Waals surface area (Å²) in [6.07, 6.45) is -2.63. The van der Waals surface area contributed by atoms with Crippen LogP contribution < -0.4 is 19.5 Å². The van der Waals surface area contributed by atoms with Crippen LogP contribution in [0.25, 0.3) is 0 Å². The zero-order valence-corrected chi connectivity index (χ0v) is 22.1. The van der Waals surface area contributed by atoms with Gasteiger partial charge < -0.3 is 24.4 Å². The van der Waals surface area contributed by atoms with E-state index < -0.39 is 40.3 Å². The van der Waals surface area contributed by atoms with Gasteiger partial charge in [-0.3, -0.25) is 19.4 Å². The third kappa shape index (κ3) is 4.68. The SMILES string of the molecule is COc1cc(C(=O)N[C@@]2(C(F)(F)F)C(=O)N(Cc3cccnc3)C3=C2C(=O)CC(C)(C)C3)cc(OC)c1OC. The van der Waals surface area contributed by atoms with Gasteiger partial charge in [-0.05, 0) is 35.6 Å². The Morgan fingerprint density at radius 2 is 1.72 bits per heavy atom. The van der Waals surface area contributed by atoms with E-state index in [4.69, 9.17) is 14.2 Å². The lowest BCUT2D eigenvalue weighted by molar-refractivity contribution is -0.190. The van der Waals surface area contributed by atoms with Crippen molar-refractivity contribution in [3.8, 4) is 17.2 Å². The zero-order valence-electron chi connectivity index (χ0n) is 22.1. The summed E-state index contributed by atoms with van der Waals surface area (Å²) in [5, 5.41) is 1.91. The van der Waals surface area contributed by atoms with E-state index in [1.54, 1.807) is 26.0 Å². The molecule has 0 saturated carbocycles. The van der Waals surface area contributed by atoms with E-state index in [-0.39, 0.29) is 47.9 Å². The molecule has 1 aliphatic carbocycles. The standard InChI is InChI=1S/C27H28F3N3O6/c1-25(2)11-17-21(18(34)12-25)26(27(28,29)30,24(36)33(17)14-15-7-6-8-31-13-15)32-23(35)16-9-19(37-3)22(39-5)20(10-16)38-4/h6-10,13H,11-12,14H2,1-5H3,(H,32,35)/t26-/m1/s1. The minimum Gasteiger partial charge on any atom is -0.493 e. The number of alkyl halides is 3. The molecule has 4 rings (SSSR count). The van der Waals surface area contributed by atoms with Crippen LogP contribution in [0.2, 0.25) is 0 Å². The van der Waals surface area contributed by atoms with Gasteiger partial charge in [0.15, 0.2) is 17.3 Å². The summed E-state index contributed by atoms with van der Waals surface area (Å²) in [5.74, 6) is -3.41. The molecule has 2 heterocycles. The molecular formula is C27H28F3N3O6. The van der Waals surface area contributed by atoms with E-state index in [9.17, 15) is 14.4 Å². The number of hydrogen-bond donors (Lipinski definition) is 1. The van der Waals surface area contributed by atoms with Crippen LogP contribution in [0.1, 0.15) is 42.6 Å². The summed E-state index contributed by atoms with van der Waals surface area (Å²) in [7, 11) is 3.90. The number of nitrogens with zero attached hydrogens (tertiary/aromatic N) is 2. The van der Waals surface area contributed by atoms with Gasteiger partial charge in [-0.1, -0.05) is 19.9 Å². The monoisotopic (exact) mass is 547 g/mol. The number of ketones is 1. The van der Waals surface area contributed by atoms with E-state index in [1.807, 2.05) is 5.32 Å². The zero-order chi connectivity index (χ0) is 28.8. The number of ether oxygens (including phenoxy) is 3. The Kier molecular flexibility index (Phi) is 7.09. The largest absolute Gasteiger partial charge is 0.493 e. The van der Waals surface area contributed by atoms with Gasteiger partial charge in [-0.25, -0.2) is 0 Å². The summed E-state index contributed by atoms with van der Waals surface area (Å²) in [4.78, 5) is 45.5. The predicted molar refractivity (Wildman–Crippen MR) is 132 cm³/mol. The second kappa shape index (κ2) is 9.90. The van der Waals surface area contributed by atoms with Crippen LogP contribution in [0.15, 0.2) is 47.9 Å². The maximum atomic E-state index is 15.1. The van der Waals surface area contributed by atoms with Crippen molar-refractivity contribution >= 4 is 17.6 Å². The first-order valence-electron chi connectivity index (χ1n) is 12.0. The molecule has 1 atom stereocenters. The third-order valence-electron chi connectivity index (χ3n) is 6.84. The molecule has 208 valence electrons. The number of rotatable bonds is 7. The fraction of sp³-hybridized carbons (Fsp3) is 0.407. The number of methoxy groups -OCH3 is 3. The lowest BCUT2D eigenvalue weighted by atomic mass is 9.72. The summed E-state index contributed by atoms with van der Waals surface area (Å²) in [6.45, 7) is 3.22. The van der Waals surface area contributed by atoms with Crippen LogP contribution in [-0.2, 0) is 16.1 Å². The molecule has 2 aliphatic rings. The number of amides is 2. The second-order valence-corrected chi connectivity index (χ2v) is 10.1. The molecular weight excluding hydrogens is 519 g/mol. The van der Waals surface area contributed by atoms with Crippen LogP contribution in [0.3, 0.4) is 0 Å². The van der Waals surface area contributed by atoms with Crippen molar-refractivity contribution in [2.45, 2.75) is 44.9 Å². The molecule has 0 bridgehead atoms. The first-order chi connectivity index (χ1) is 18.3. The fourth-order valence-electron chi connectivity index (χ4n) is 5.12. The highest BCUT2D eigenvalue weighted by atomic mass is 19.4. The molecule has 0 saturated heterocycles. The van der Waals surface area contributed by atoms with Crippen molar-refractivity contribution in [1.82, 2.24) is 15.2 Å². The topological polar surface area (TPSA) is 107 Å². The van der Waals surface area contributed by atoms with Crippen molar-refractivity contribution in [3.63, 3.8) is 0 Å². The lowest BCUT2D eigenvalue weighted by Gasteiger charge is -2.35. The molecule has 39 heavy (non-hydrogen) atoms. The number of pyridine rings is 1. The number of nitrogens with one attached hydrogen (secondary N) is 1. The molecule has 2 amide bonds. The molecule has 12 heteroatoms. The van der Waals surface area contributed by atoms with Gasteiger partial charge in [0.1, 0.15) is 0 Å². The number of carbonyl (C=O) groups is 3. The molecule has 0 spiro atoms. The van der Waals surface area contributed by atoms with E-state index in [0.717, 1.165) is 17.0 Å². The van der Waals surface area contributed by atoms with Gasteiger partial charge in [0.25, 0.3) is 11.8 Å². The summed E-state index contributed by atoms with van der Waals surface area (Å²) < 4.78 is 60.8. The average Bonchev–Trinajstić information content (AvgIpc) is 3.10. The van der Waals surface area contributed by atoms with Gasteiger partial charge in [-0.15, -0.1) is 0 Å². The van der Waals surface area contributed by atoms with Crippen LogP contribution in [0, 0.1) is 5.41 Å². The van der Waals surface area contributed by atoms with Gasteiger partial charge in [0.05, 0.1) is 33.4 Å². The Hall–Kier alpha value is -4.09. The third-order valence-corrected chi connectivity index (χ3v) is 6.84. The number of halogens is 3. The summed E-state index contributed by atoms with van der Waals surface area (Å²) >= 11 is 0. The molecule has 0 unspecified atom stereocenters. The Morgan fingerprint density at radius 1 is 1.08 bits per heavy atom. The molecule has 2 aromatic rings. The number of aromatic nitrogens is 1. The maximum absolute atomic E-state index is 15.1. The van der Waals surface area contributed by atoms with Crippen LogP contribution in [-0.4, -0.2) is 60.5 Å². The van der Waals surface area contributed by atoms with Crippen LogP contribution in [0.5, 0.6) is 17.2 Å². The molecule has 9 nitrogen and oxygen atoms in total. The van der Waals surface area contributed by atoms with Crippen molar-refractivity contribution in [1.29, 1.82) is 0 Å². The van der Waals surface area contributed by atoms with E-state index in [1.165, 1.54) is 33.7 Å². The first-order valence-corrected chi connectivity index (χ1v) is 12.0. The number of allylic oxidation sites excluding steroid dienone is 1. The molecule has 1 aliphatic heterocycles. The predicted octanol–water partition coefficient (Wildman–Crippen LogP) is 3.82. The van der Waals surface area contributed by atoms with Gasteiger partial charge >= 0.3 is 6.18 Å². The van der Waals surface area contributed by atoms with Gasteiger partial charge in [-0.2, -0.15) is 13.2 Å². The summed E-state index contributed by atoms with van der Waals surface area (Å²) in [5.41, 5.74) is -4.95. The maximum Gasteiger partial charge on any atom is 0.425 e. The van der Waals surface area contributed by atoms with E-state index in [0.29, 0.717) is 5.56 Å². The van der Waals surface area contributed by atoms with Crippen molar-refractivity contribution in [2.75, 3.05) is 21.3 Å². The average molecular weight is 548 g/mol. The number of Topliss-reactive ketones (excluding diaryl/α,β-unsaturated/α-hetero) is 1. The van der Waals surface area contributed by atoms with Gasteiger partial charge in [0, 0.05) is 30.1 Å². The highest BCUT2D eigenvalue weighted by Gasteiger charge is 2.71. The molecule has 1 aromatic carbocycles. The lowest BCUT2D eigenvalue weighted by Crippen LogP contribution is -2.66. The normalized spacial score (nSPS) is 20.6. The molecule has 1 N–H and O–H groups in total. The number of hydrogen-bond acceptors (Lipinski definition) is 7.